The molecule has 3 rings (SSSR count). The molecule has 0 saturated heterocycles. The summed E-state index contributed by atoms with van der Waals surface area (Å²) in [7, 11) is 0. The first-order valence-corrected chi connectivity index (χ1v) is 10.1. The SMILES string of the molecule is CCn1c(SCC(=O)NN=Cc2cccc(Cl)c2)nnc1-c1ccc(C)cc1. The topological polar surface area (TPSA) is 72.2 Å². The third-order valence-electron chi connectivity index (χ3n) is 3.93. The van der Waals surface area contributed by atoms with Gasteiger partial charge in [-0.3, -0.25) is 4.79 Å². The molecule has 0 aliphatic rings. The Hall–Kier alpha value is -2.64. The van der Waals surface area contributed by atoms with Crippen molar-refractivity contribution >= 4 is 35.5 Å². The molecule has 0 spiro atoms. The van der Waals surface area contributed by atoms with E-state index in [-0.39, 0.29) is 11.7 Å². The van der Waals surface area contributed by atoms with Gasteiger partial charge in [0.15, 0.2) is 11.0 Å². The molecule has 2 aromatic carbocycles. The molecule has 0 aliphatic carbocycles. The Morgan fingerprint density at radius 1 is 1.25 bits per heavy atom. The van der Waals surface area contributed by atoms with Crippen molar-refractivity contribution in [3.8, 4) is 11.4 Å². The van der Waals surface area contributed by atoms with Gasteiger partial charge in [0.2, 0.25) is 0 Å². The maximum absolute atomic E-state index is 12.1. The van der Waals surface area contributed by atoms with Crippen LogP contribution < -0.4 is 5.43 Å². The number of hydrazone groups is 1. The van der Waals surface area contributed by atoms with Gasteiger partial charge in [0.05, 0.1) is 12.0 Å². The summed E-state index contributed by atoms with van der Waals surface area (Å²) < 4.78 is 2.00. The van der Waals surface area contributed by atoms with E-state index in [0.717, 1.165) is 17.0 Å². The van der Waals surface area contributed by atoms with Gasteiger partial charge in [-0.25, -0.2) is 5.43 Å². The number of carbonyl (C=O) groups is 1. The number of hydrogen-bond donors (Lipinski definition) is 1. The normalized spacial score (nSPS) is 11.1. The van der Waals surface area contributed by atoms with Crippen LogP contribution in [0.25, 0.3) is 11.4 Å². The number of nitrogens with zero attached hydrogens (tertiary/aromatic N) is 4. The summed E-state index contributed by atoms with van der Waals surface area (Å²) >= 11 is 7.25. The number of halogens is 1. The monoisotopic (exact) mass is 413 g/mol. The second-order valence-electron chi connectivity index (χ2n) is 6.05. The molecule has 0 unspecified atom stereocenters. The van der Waals surface area contributed by atoms with E-state index < -0.39 is 0 Å². The van der Waals surface area contributed by atoms with Crippen LogP contribution in [-0.4, -0.2) is 32.6 Å². The van der Waals surface area contributed by atoms with Gasteiger partial charge in [-0.15, -0.1) is 10.2 Å². The standard InChI is InChI=1S/C20H20ClN5OS/c1-3-26-19(16-9-7-14(2)8-10-16)24-25-20(26)28-13-18(27)23-22-12-15-5-4-6-17(21)11-15/h4-12H,3,13H2,1-2H3,(H,23,27). The number of amides is 1. The average Bonchev–Trinajstić information content (AvgIpc) is 3.10. The van der Waals surface area contributed by atoms with Crippen LogP contribution in [0.3, 0.4) is 0 Å². The smallest absolute Gasteiger partial charge is 0.250 e. The van der Waals surface area contributed by atoms with Gasteiger partial charge in [-0.1, -0.05) is 65.3 Å². The fraction of sp³-hybridized carbons (Fsp3) is 0.200. The van der Waals surface area contributed by atoms with Crippen molar-refractivity contribution in [2.75, 3.05) is 5.75 Å². The van der Waals surface area contributed by atoms with Gasteiger partial charge in [-0.05, 0) is 31.5 Å². The lowest BCUT2D eigenvalue weighted by Gasteiger charge is -2.07. The van der Waals surface area contributed by atoms with E-state index in [2.05, 4.69) is 20.7 Å². The minimum absolute atomic E-state index is 0.193. The summed E-state index contributed by atoms with van der Waals surface area (Å²) in [4.78, 5) is 12.1. The van der Waals surface area contributed by atoms with Crippen molar-refractivity contribution in [3.05, 3.63) is 64.7 Å². The molecule has 6 nitrogen and oxygen atoms in total. The summed E-state index contributed by atoms with van der Waals surface area (Å²) in [6.07, 6.45) is 1.55. The Kier molecular flexibility index (Phi) is 6.84. The highest BCUT2D eigenvalue weighted by Gasteiger charge is 2.14. The second-order valence-corrected chi connectivity index (χ2v) is 7.43. The zero-order valence-electron chi connectivity index (χ0n) is 15.6. The zero-order valence-corrected chi connectivity index (χ0v) is 17.2. The van der Waals surface area contributed by atoms with Crippen molar-refractivity contribution in [3.63, 3.8) is 0 Å². The highest BCUT2D eigenvalue weighted by atomic mass is 35.5. The van der Waals surface area contributed by atoms with Crippen LogP contribution in [0.2, 0.25) is 5.02 Å². The van der Waals surface area contributed by atoms with E-state index >= 15 is 0 Å². The Morgan fingerprint density at radius 3 is 2.75 bits per heavy atom. The van der Waals surface area contributed by atoms with E-state index in [4.69, 9.17) is 11.6 Å². The maximum Gasteiger partial charge on any atom is 0.250 e. The minimum Gasteiger partial charge on any atom is -0.302 e. The van der Waals surface area contributed by atoms with Crippen molar-refractivity contribution < 1.29 is 4.79 Å². The molecule has 0 saturated carbocycles. The second kappa shape index (κ2) is 9.52. The number of aromatic nitrogens is 3. The molecule has 144 valence electrons. The largest absolute Gasteiger partial charge is 0.302 e. The van der Waals surface area contributed by atoms with Crippen LogP contribution in [0.15, 0.2) is 58.8 Å². The molecule has 3 aromatic rings. The van der Waals surface area contributed by atoms with Crippen LogP contribution in [0, 0.1) is 6.92 Å². The van der Waals surface area contributed by atoms with Crippen molar-refractivity contribution in [1.82, 2.24) is 20.2 Å². The van der Waals surface area contributed by atoms with Gasteiger partial charge >= 0.3 is 0 Å². The van der Waals surface area contributed by atoms with E-state index in [0.29, 0.717) is 16.7 Å². The van der Waals surface area contributed by atoms with Crippen LogP contribution >= 0.6 is 23.4 Å². The van der Waals surface area contributed by atoms with Crippen LogP contribution in [-0.2, 0) is 11.3 Å². The lowest BCUT2D eigenvalue weighted by atomic mass is 10.1. The van der Waals surface area contributed by atoms with Gasteiger partial charge in [0.1, 0.15) is 0 Å². The molecule has 0 fully saturated rings. The molecule has 1 heterocycles. The quantitative estimate of drug-likeness (QED) is 0.358. The molecule has 8 heteroatoms. The molecular weight excluding hydrogens is 394 g/mol. The molecule has 1 aromatic heterocycles. The molecule has 0 atom stereocenters. The summed E-state index contributed by atoms with van der Waals surface area (Å²) in [5.74, 6) is 0.772. The molecule has 1 N–H and O–H groups in total. The third-order valence-corrected chi connectivity index (χ3v) is 5.13. The molecule has 0 bridgehead atoms. The van der Waals surface area contributed by atoms with Gasteiger partial charge < -0.3 is 4.57 Å². The lowest BCUT2D eigenvalue weighted by Crippen LogP contribution is -2.20. The first kappa shape index (κ1) is 20.1. The van der Waals surface area contributed by atoms with E-state index in [1.807, 2.05) is 54.8 Å². The number of aryl methyl sites for hydroxylation is 1. The predicted octanol–water partition coefficient (Wildman–Crippen LogP) is 4.17. The molecule has 28 heavy (non-hydrogen) atoms. The summed E-state index contributed by atoms with van der Waals surface area (Å²) in [5.41, 5.74) is 5.52. The Morgan fingerprint density at radius 2 is 2.04 bits per heavy atom. The molecular formula is C20H20ClN5OS. The van der Waals surface area contributed by atoms with Crippen LogP contribution in [0.1, 0.15) is 18.1 Å². The number of hydrogen-bond acceptors (Lipinski definition) is 5. The highest BCUT2D eigenvalue weighted by molar-refractivity contribution is 7.99. The Balaban J connectivity index is 1.59. The number of carbonyl (C=O) groups excluding carboxylic acids is 1. The first-order valence-electron chi connectivity index (χ1n) is 8.77. The van der Waals surface area contributed by atoms with Crippen molar-refractivity contribution in [2.45, 2.75) is 25.5 Å². The molecule has 1 amide bonds. The number of thioether (sulfide) groups is 1. The summed E-state index contributed by atoms with van der Waals surface area (Å²) in [6.45, 7) is 4.79. The van der Waals surface area contributed by atoms with Crippen molar-refractivity contribution in [2.24, 2.45) is 5.10 Å². The fourth-order valence-electron chi connectivity index (χ4n) is 2.52. The average molecular weight is 414 g/mol. The number of benzene rings is 2. The Bertz CT molecular complexity index is 985. The van der Waals surface area contributed by atoms with E-state index in [1.54, 1.807) is 18.3 Å². The summed E-state index contributed by atoms with van der Waals surface area (Å²) in [5, 5.41) is 13.8. The molecule has 0 aliphatic heterocycles. The van der Waals surface area contributed by atoms with Gasteiger partial charge in [0.25, 0.3) is 5.91 Å². The van der Waals surface area contributed by atoms with Crippen LogP contribution in [0.4, 0.5) is 0 Å². The van der Waals surface area contributed by atoms with Crippen LogP contribution in [0.5, 0.6) is 0 Å². The lowest BCUT2D eigenvalue weighted by molar-refractivity contribution is -0.118. The Labute approximate surface area is 173 Å². The first-order chi connectivity index (χ1) is 13.6. The number of rotatable bonds is 7. The highest BCUT2D eigenvalue weighted by Crippen LogP contribution is 2.24. The van der Waals surface area contributed by atoms with E-state index in [1.165, 1.54) is 17.3 Å². The predicted molar refractivity (Wildman–Crippen MR) is 114 cm³/mol. The minimum atomic E-state index is -0.217. The maximum atomic E-state index is 12.1. The van der Waals surface area contributed by atoms with Gasteiger partial charge in [-0.2, -0.15) is 5.10 Å². The third kappa shape index (κ3) is 5.21. The van der Waals surface area contributed by atoms with E-state index in [9.17, 15) is 4.79 Å². The van der Waals surface area contributed by atoms with Gasteiger partial charge in [0, 0.05) is 17.1 Å². The zero-order chi connectivity index (χ0) is 19.9. The number of nitrogens with one attached hydrogen (secondary N) is 1. The summed E-state index contributed by atoms with van der Waals surface area (Å²) in [6, 6.07) is 15.4. The fourth-order valence-corrected chi connectivity index (χ4v) is 3.52. The van der Waals surface area contributed by atoms with Crippen molar-refractivity contribution in [1.29, 1.82) is 0 Å². The molecule has 0 radical (unpaired) electrons.